The number of aromatic nitrogens is 3. The fraction of sp³-hybridized carbons (Fsp3) is 0.885. The van der Waals surface area contributed by atoms with E-state index in [-0.39, 0.29) is 19.1 Å². The normalized spacial score (nSPS) is 24.2. The van der Waals surface area contributed by atoms with Crippen LogP contribution in [0.25, 0.3) is 0 Å². The smallest absolute Gasteiger partial charge is 0.306 e. The first kappa shape index (κ1) is 30.6. The summed E-state index contributed by atoms with van der Waals surface area (Å²) in [5.41, 5.74) is 0.475. The van der Waals surface area contributed by atoms with Crippen molar-refractivity contribution in [1.82, 2.24) is 15.0 Å². The Labute approximate surface area is 215 Å². The van der Waals surface area contributed by atoms with Crippen LogP contribution in [0.15, 0.2) is 6.20 Å². The molecule has 5 atom stereocenters. The summed E-state index contributed by atoms with van der Waals surface area (Å²) in [4.78, 5) is 12.0. The largest absolute Gasteiger partial charge is 0.459 e. The lowest BCUT2D eigenvalue weighted by molar-refractivity contribution is -0.292. The van der Waals surface area contributed by atoms with Gasteiger partial charge in [0.05, 0.1) is 12.7 Å². The van der Waals surface area contributed by atoms with Crippen LogP contribution in [0, 0.1) is 0 Å². The lowest BCUT2D eigenvalue weighted by Crippen LogP contribution is -2.58. The van der Waals surface area contributed by atoms with Gasteiger partial charge in [0.15, 0.2) is 6.29 Å². The number of carbonyl (C=O) groups excluding carboxylic acids is 1. The van der Waals surface area contributed by atoms with Crippen LogP contribution in [0.3, 0.4) is 0 Å². The molecule has 0 unspecified atom stereocenters. The highest BCUT2D eigenvalue weighted by Crippen LogP contribution is 2.22. The predicted octanol–water partition coefficient (Wildman–Crippen LogP) is 3.26. The second-order valence-corrected chi connectivity index (χ2v) is 9.84. The summed E-state index contributed by atoms with van der Waals surface area (Å²) in [6, 6.07) is 0. The third-order valence-corrected chi connectivity index (χ3v) is 6.72. The quantitative estimate of drug-likeness (QED) is 0.188. The van der Waals surface area contributed by atoms with E-state index in [2.05, 4.69) is 17.2 Å². The zero-order chi connectivity index (χ0) is 26.2. The molecule has 2 heterocycles. The highest BCUT2D eigenvalue weighted by atomic mass is 16.7. The molecular weight excluding hydrogens is 466 g/mol. The van der Waals surface area contributed by atoms with Gasteiger partial charge in [-0.2, -0.15) is 0 Å². The number of aliphatic hydroxyl groups excluding tert-OH is 3. The Kier molecular flexibility index (Phi) is 15.1. The molecule has 36 heavy (non-hydrogen) atoms. The molecule has 0 bridgehead atoms. The number of nitrogens with zero attached hydrogens (tertiary/aromatic N) is 3. The summed E-state index contributed by atoms with van der Waals surface area (Å²) < 4.78 is 17.2. The standard InChI is InChI=1S/C26H47N3O7/c1-3-4-5-6-7-8-9-10-11-12-13-14-15-16-22(30)35-19-20-17-29(28-27-20)18-21-23(31)24(32)25(33)26(34-2)36-21/h17,21,23-26,31-33H,3-16,18-19H2,1-2H3/t21-,23+,24+,25-,26+/m1/s1. The van der Waals surface area contributed by atoms with E-state index in [0.717, 1.165) is 19.3 Å². The first-order valence-electron chi connectivity index (χ1n) is 13.7. The maximum atomic E-state index is 12.0. The van der Waals surface area contributed by atoms with Crippen molar-refractivity contribution in [2.45, 2.75) is 141 Å². The molecule has 10 heteroatoms. The Balaban J connectivity index is 1.51. The first-order valence-corrected chi connectivity index (χ1v) is 13.7. The number of aliphatic hydroxyl groups is 3. The van der Waals surface area contributed by atoms with Crippen molar-refractivity contribution in [1.29, 1.82) is 0 Å². The number of unbranched alkanes of at least 4 members (excludes halogenated alkanes) is 12. The highest BCUT2D eigenvalue weighted by Gasteiger charge is 2.44. The van der Waals surface area contributed by atoms with Crippen LogP contribution in [-0.4, -0.2) is 74.1 Å². The molecule has 0 spiro atoms. The zero-order valence-electron chi connectivity index (χ0n) is 22.1. The van der Waals surface area contributed by atoms with Crippen molar-refractivity contribution in [2.75, 3.05) is 7.11 Å². The molecule has 208 valence electrons. The molecule has 0 saturated carbocycles. The maximum absolute atomic E-state index is 12.0. The SMILES string of the molecule is CCCCCCCCCCCCCCCC(=O)OCc1cn(C[C@H]2O[C@H](OC)[C@H](O)[C@@H](O)[C@H]2O)nn1. The lowest BCUT2D eigenvalue weighted by Gasteiger charge is -2.39. The fourth-order valence-electron chi connectivity index (χ4n) is 4.45. The van der Waals surface area contributed by atoms with Crippen molar-refractivity contribution in [3.8, 4) is 0 Å². The van der Waals surface area contributed by atoms with E-state index in [1.54, 1.807) is 6.20 Å². The van der Waals surface area contributed by atoms with Crippen molar-refractivity contribution in [2.24, 2.45) is 0 Å². The van der Waals surface area contributed by atoms with E-state index in [1.807, 2.05) is 0 Å². The van der Waals surface area contributed by atoms with Gasteiger partial charge < -0.3 is 29.5 Å². The first-order chi connectivity index (χ1) is 17.5. The third-order valence-electron chi connectivity index (χ3n) is 6.72. The Hall–Kier alpha value is -1.59. The molecular formula is C26H47N3O7. The van der Waals surface area contributed by atoms with Gasteiger partial charge in [0, 0.05) is 13.5 Å². The van der Waals surface area contributed by atoms with Crippen LogP contribution in [0.5, 0.6) is 0 Å². The van der Waals surface area contributed by atoms with Crippen LogP contribution < -0.4 is 0 Å². The number of esters is 1. The Morgan fingerprint density at radius 2 is 1.50 bits per heavy atom. The van der Waals surface area contributed by atoms with Crippen LogP contribution in [0.1, 0.15) is 103 Å². The monoisotopic (exact) mass is 513 g/mol. The summed E-state index contributed by atoms with van der Waals surface area (Å²) in [6.45, 7) is 2.36. The van der Waals surface area contributed by atoms with E-state index in [9.17, 15) is 20.1 Å². The van der Waals surface area contributed by atoms with Gasteiger partial charge in [-0.3, -0.25) is 4.79 Å². The van der Waals surface area contributed by atoms with Crippen LogP contribution in [-0.2, 0) is 32.2 Å². The summed E-state index contributed by atoms with van der Waals surface area (Å²) >= 11 is 0. The molecule has 10 nitrogen and oxygen atoms in total. The van der Waals surface area contributed by atoms with Gasteiger partial charge in [-0.05, 0) is 6.42 Å². The molecule has 3 N–H and O–H groups in total. The van der Waals surface area contributed by atoms with Gasteiger partial charge in [-0.1, -0.05) is 89.2 Å². The molecule has 0 radical (unpaired) electrons. The number of carbonyl (C=O) groups is 1. The minimum atomic E-state index is -1.40. The Morgan fingerprint density at radius 3 is 2.08 bits per heavy atom. The van der Waals surface area contributed by atoms with Gasteiger partial charge in [0.25, 0.3) is 0 Å². The molecule has 1 aliphatic heterocycles. The molecule has 0 aromatic carbocycles. The Bertz CT molecular complexity index is 715. The molecule has 0 aliphatic carbocycles. The van der Waals surface area contributed by atoms with E-state index < -0.39 is 30.7 Å². The van der Waals surface area contributed by atoms with Crippen LogP contribution in [0.4, 0.5) is 0 Å². The van der Waals surface area contributed by atoms with Gasteiger partial charge in [0.1, 0.15) is 36.7 Å². The average molecular weight is 514 g/mol. The van der Waals surface area contributed by atoms with Crippen molar-refractivity contribution in [3.05, 3.63) is 11.9 Å². The number of rotatable bonds is 19. The van der Waals surface area contributed by atoms with E-state index >= 15 is 0 Å². The molecule has 0 amide bonds. The topological polar surface area (TPSA) is 136 Å². The van der Waals surface area contributed by atoms with Gasteiger partial charge >= 0.3 is 5.97 Å². The number of hydrogen-bond donors (Lipinski definition) is 3. The van der Waals surface area contributed by atoms with E-state index in [1.165, 1.54) is 76.0 Å². The van der Waals surface area contributed by atoms with Crippen LogP contribution >= 0.6 is 0 Å². The van der Waals surface area contributed by atoms with Gasteiger partial charge in [0.2, 0.25) is 0 Å². The average Bonchev–Trinajstić information content (AvgIpc) is 3.33. The third kappa shape index (κ3) is 11.2. The summed E-state index contributed by atoms with van der Waals surface area (Å²) in [5.74, 6) is -0.251. The second-order valence-electron chi connectivity index (χ2n) is 9.84. The van der Waals surface area contributed by atoms with Gasteiger partial charge in [-0.15, -0.1) is 5.10 Å². The molecule has 1 aromatic heterocycles. The molecule has 1 saturated heterocycles. The van der Waals surface area contributed by atoms with E-state index in [4.69, 9.17) is 14.2 Å². The number of hydrogen-bond acceptors (Lipinski definition) is 9. The highest BCUT2D eigenvalue weighted by molar-refractivity contribution is 5.69. The zero-order valence-corrected chi connectivity index (χ0v) is 22.1. The predicted molar refractivity (Wildman–Crippen MR) is 134 cm³/mol. The van der Waals surface area contributed by atoms with Crippen molar-refractivity contribution >= 4 is 5.97 Å². The summed E-state index contributed by atoms with van der Waals surface area (Å²) in [7, 11) is 1.34. The number of methoxy groups -OCH3 is 1. The number of ether oxygens (including phenoxy) is 3. The maximum Gasteiger partial charge on any atom is 0.306 e. The van der Waals surface area contributed by atoms with Crippen molar-refractivity contribution in [3.63, 3.8) is 0 Å². The minimum Gasteiger partial charge on any atom is -0.459 e. The van der Waals surface area contributed by atoms with Crippen molar-refractivity contribution < 1.29 is 34.3 Å². The molecule has 2 rings (SSSR count). The van der Waals surface area contributed by atoms with Gasteiger partial charge in [-0.25, -0.2) is 4.68 Å². The minimum absolute atomic E-state index is 0.0212. The lowest BCUT2D eigenvalue weighted by atomic mass is 9.99. The van der Waals surface area contributed by atoms with Crippen LogP contribution in [0.2, 0.25) is 0 Å². The second kappa shape index (κ2) is 17.8. The summed E-state index contributed by atoms with van der Waals surface area (Å²) in [6.07, 6.45) is 12.4. The van der Waals surface area contributed by atoms with E-state index in [0.29, 0.717) is 12.1 Å². The molecule has 1 aromatic rings. The molecule has 1 aliphatic rings. The molecule has 1 fully saturated rings. The summed E-state index contributed by atoms with van der Waals surface area (Å²) in [5, 5.41) is 37.9. The fourth-order valence-corrected chi connectivity index (χ4v) is 4.45. The Morgan fingerprint density at radius 1 is 0.917 bits per heavy atom.